The SMILES string of the molecule is C[C@@H]1Cc2ccccc2N1S(=O)(=O)c1ccc(S(=O)(=O)NC2CC2)cc1. The molecule has 0 bridgehead atoms. The van der Waals surface area contributed by atoms with Gasteiger partial charge in [-0.1, -0.05) is 18.2 Å². The van der Waals surface area contributed by atoms with Gasteiger partial charge >= 0.3 is 0 Å². The quantitative estimate of drug-likeness (QED) is 0.846. The van der Waals surface area contributed by atoms with E-state index in [-0.39, 0.29) is 21.9 Å². The molecule has 1 aliphatic carbocycles. The van der Waals surface area contributed by atoms with Gasteiger partial charge in [-0.25, -0.2) is 21.6 Å². The van der Waals surface area contributed by atoms with E-state index in [2.05, 4.69) is 4.72 Å². The molecule has 0 saturated heterocycles. The molecule has 0 radical (unpaired) electrons. The van der Waals surface area contributed by atoms with Crippen LogP contribution in [0, 0.1) is 0 Å². The summed E-state index contributed by atoms with van der Waals surface area (Å²) in [5, 5.41) is 0. The van der Waals surface area contributed by atoms with Crippen LogP contribution in [0.5, 0.6) is 0 Å². The number of nitrogens with zero attached hydrogens (tertiary/aromatic N) is 1. The summed E-state index contributed by atoms with van der Waals surface area (Å²) >= 11 is 0. The number of rotatable bonds is 5. The Kier molecular flexibility index (Phi) is 4.09. The van der Waals surface area contributed by atoms with Crippen molar-refractivity contribution < 1.29 is 16.8 Å². The van der Waals surface area contributed by atoms with Gasteiger partial charge in [0.2, 0.25) is 10.0 Å². The number of benzene rings is 2. The van der Waals surface area contributed by atoms with Gasteiger partial charge in [0.1, 0.15) is 0 Å². The second kappa shape index (κ2) is 6.07. The molecule has 1 fully saturated rings. The number of para-hydroxylation sites is 1. The van der Waals surface area contributed by atoms with Crippen molar-refractivity contribution in [1.82, 2.24) is 4.72 Å². The van der Waals surface area contributed by atoms with Gasteiger partial charge in [0.05, 0.1) is 15.5 Å². The molecule has 4 rings (SSSR count). The van der Waals surface area contributed by atoms with Crippen LogP contribution in [0.25, 0.3) is 0 Å². The van der Waals surface area contributed by atoms with Crippen LogP contribution in [0.3, 0.4) is 0 Å². The number of hydrogen-bond acceptors (Lipinski definition) is 4. The minimum atomic E-state index is -3.76. The first-order valence-corrected chi connectivity index (χ1v) is 11.5. The minimum absolute atomic E-state index is 0.00496. The van der Waals surface area contributed by atoms with E-state index in [4.69, 9.17) is 0 Å². The molecule has 1 aliphatic heterocycles. The van der Waals surface area contributed by atoms with Gasteiger partial charge < -0.3 is 0 Å². The summed E-state index contributed by atoms with van der Waals surface area (Å²) in [6.07, 6.45) is 2.35. The Morgan fingerprint density at radius 3 is 2.19 bits per heavy atom. The molecule has 26 heavy (non-hydrogen) atoms. The highest BCUT2D eigenvalue weighted by atomic mass is 32.2. The molecule has 1 N–H and O–H groups in total. The normalized spacial score (nSPS) is 20.2. The third-order valence-corrected chi connectivity index (χ3v) is 8.21. The Labute approximate surface area is 153 Å². The van der Waals surface area contributed by atoms with Crippen LogP contribution in [-0.2, 0) is 26.5 Å². The second-order valence-corrected chi connectivity index (χ2v) is 10.4. The minimum Gasteiger partial charge on any atom is -0.263 e. The molecule has 2 aliphatic rings. The van der Waals surface area contributed by atoms with Gasteiger partial charge in [0.25, 0.3) is 10.0 Å². The Morgan fingerprint density at radius 2 is 1.54 bits per heavy atom. The summed E-state index contributed by atoms with van der Waals surface area (Å²) in [5.74, 6) is 0. The fraction of sp³-hybridized carbons (Fsp3) is 0.333. The molecule has 0 spiro atoms. The summed E-state index contributed by atoms with van der Waals surface area (Å²) in [5.41, 5.74) is 1.68. The van der Waals surface area contributed by atoms with Crippen LogP contribution < -0.4 is 9.03 Å². The Hall–Kier alpha value is -1.90. The van der Waals surface area contributed by atoms with Crippen LogP contribution in [0.2, 0.25) is 0 Å². The van der Waals surface area contributed by atoms with Crippen molar-refractivity contribution in [3.05, 3.63) is 54.1 Å². The van der Waals surface area contributed by atoms with Crippen molar-refractivity contribution in [2.75, 3.05) is 4.31 Å². The highest BCUT2D eigenvalue weighted by molar-refractivity contribution is 7.93. The van der Waals surface area contributed by atoms with E-state index in [9.17, 15) is 16.8 Å². The molecular weight excluding hydrogens is 372 g/mol. The second-order valence-electron chi connectivity index (χ2n) is 6.85. The van der Waals surface area contributed by atoms with Crippen molar-refractivity contribution in [2.45, 2.75) is 48.1 Å². The molecule has 0 unspecified atom stereocenters. The lowest BCUT2D eigenvalue weighted by molar-refractivity contribution is 0.578. The summed E-state index contributed by atoms with van der Waals surface area (Å²) in [6.45, 7) is 1.87. The van der Waals surface area contributed by atoms with Crippen molar-refractivity contribution in [3.8, 4) is 0 Å². The van der Waals surface area contributed by atoms with Crippen molar-refractivity contribution in [1.29, 1.82) is 0 Å². The smallest absolute Gasteiger partial charge is 0.263 e. The monoisotopic (exact) mass is 392 g/mol. The molecule has 2 aromatic carbocycles. The van der Waals surface area contributed by atoms with E-state index in [0.717, 1.165) is 18.4 Å². The fourth-order valence-electron chi connectivity index (χ4n) is 3.30. The maximum Gasteiger partial charge on any atom is 0.264 e. The van der Waals surface area contributed by atoms with Gasteiger partial charge in [-0.05, 0) is 62.1 Å². The zero-order chi connectivity index (χ0) is 18.5. The molecule has 1 saturated carbocycles. The zero-order valence-corrected chi connectivity index (χ0v) is 15.9. The lowest BCUT2D eigenvalue weighted by atomic mass is 10.1. The molecular formula is C18H20N2O4S2. The van der Waals surface area contributed by atoms with Gasteiger partial charge in [0, 0.05) is 12.1 Å². The van der Waals surface area contributed by atoms with Gasteiger partial charge in [-0.2, -0.15) is 0 Å². The standard InChI is InChI=1S/C18H20N2O4S2/c1-13-12-14-4-2-3-5-18(14)20(13)26(23,24)17-10-8-16(9-11-17)25(21,22)19-15-6-7-15/h2-5,8-11,13,15,19H,6-7,12H2,1H3/t13-/m1/s1. The summed E-state index contributed by atoms with van der Waals surface area (Å²) in [7, 11) is -7.35. The predicted octanol–water partition coefficient (Wildman–Crippen LogP) is 2.27. The van der Waals surface area contributed by atoms with Gasteiger partial charge in [0.15, 0.2) is 0 Å². The highest BCUT2D eigenvalue weighted by Crippen LogP contribution is 2.36. The van der Waals surface area contributed by atoms with Gasteiger partial charge in [-0.3, -0.25) is 4.31 Å². The Bertz CT molecular complexity index is 1040. The van der Waals surface area contributed by atoms with Gasteiger partial charge in [-0.15, -0.1) is 0 Å². The van der Waals surface area contributed by atoms with E-state index < -0.39 is 20.0 Å². The first-order valence-electron chi connectivity index (χ1n) is 8.54. The topological polar surface area (TPSA) is 83.6 Å². The molecule has 2 aromatic rings. The zero-order valence-electron chi connectivity index (χ0n) is 14.3. The first-order chi connectivity index (χ1) is 12.3. The molecule has 6 nitrogen and oxygen atoms in total. The number of hydrogen-bond donors (Lipinski definition) is 1. The van der Waals surface area contributed by atoms with E-state index in [0.29, 0.717) is 12.1 Å². The van der Waals surface area contributed by atoms with E-state index in [1.54, 1.807) is 6.07 Å². The number of anilines is 1. The maximum atomic E-state index is 13.1. The summed E-state index contributed by atoms with van der Waals surface area (Å²) < 4.78 is 54.7. The van der Waals surface area contributed by atoms with Crippen molar-refractivity contribution in [2.24, 2.45) is 0 Å². The maximum absolute atomic E-state index is 13.1. The first kappa shape index (κ1) is 17.5. The lowest BCUT2D eigenvalue weighted by Gasteiger charge is -2.24. The van der Waals surface area contributed by atoms with Crippen molar-refractivity contribution >= 4 is 25.7 Å². The Balaban J connectivity index is 1.67. The molecule has 1 atom stereocenters. The Morgan fingerprint density at radius 1 is 0.923 bits per heavy atom. The average molecular weight is 393 g/mol. The van der Waals surface area contributed by atoms with Crippen LogP contribution >= 0.6 is 0 Å². The van der Waals surface area contributed by atoms with E-state index in [1.165, 1.54) is 28.6 Å². The summed E-state index contributed by atoms with van der Waals surface area (Å²) in [6, 6.07) is 12.7. The number of nitrogens with one attached hydrogen (secondary N) is 1. The highest BCUT2D eigenvalue weighted by Gasteiger charge is 2.36. The predicted molar refractivity (Wildman–Crippen MR) is 99.1 cm³/mol. The average Bonchev–Trinajstić information content (AvgIpc) is 3.32. The van der Waals surface area contributed by atoms with Crippen LogP contribution in [0.15, 0.2) is 58.3 Å². The molecule has 8 heteroatoms. The molecule has 138 valence electrons. The van der Waals surface area contributed by atoms with Crippen LogP contribution in [0.4, 0.5) is 5.69 Å². The molecule has 1 heterocycles. The molecule has 0 amide bonds. The number of sulfonamides is 2. The number of fused-ring (bicyclic) bond motifs is 1. The third-order valence-electron chi connectivity index (χ3n) is 4.73. The third kappa shape index (κ3) is 3.02. The van der Waals surface area contributed by atoms with Crippen LogP contribution in [-0.4, -0.2) is 28.9 Å². The van der Waals surface area contributed by atoms with Crippen LogP contribution in [0.1, 0.15) is 25.3 Å². The summed E-state index contributed by atoms with van der Waals surface area (Å²) in [4.78, 5) is 0.171. The lowest BCUT2D eigenvalue weighted by Crippen LogP contribution is -2.35. The van der Waals surface area contributed by atoms with E-state index >= 15 is 0 Å². The molecule has 0 aromatic heterocycles. The van der Waals surface area contributed by atoms with Crippen molar-refractivity contribution in [3.63, 3.8) is 0 Å². The fourth-order valence-corrected chi connectivity index (χ4v) is 6.29. The van der Waals surface area contributed by atoms with E-state index in [1.807, 2.05) is 25.1 Å². The largest absolute Gasteiger partial charge is 0.264 e.